The zero-order valence-electron chi connectivity index (χ0n) is 11.2. The monoisotopic (exact) mass is 294 g/mol. The summed E-state index contributed by atoms with van der Waals surface area (Å²) >= 11 is 0. The van der Waals surface area contributed by atoms with Crippen LogP contribution in [0, 0.1) is 0 Å². The van der Waals surface area contributed by atoms with E-state index >= 15 is 0 Å². The minimum atomic E-state index is -0.939. The molecule has 22 heavy (non-hydrogen) atoms. The Bertz CT molecular complexity index is 1070. The van der Waals surface area contributed by atoms with Crippen molar-refractivity contribution in [1.29, 1.82) is 0 Å². The molecule has 2 aromatic heterocycles. The van der Waals surface area contributed by atoms with Crippen molar-refractivity contribution in [1.82, 2.24) is 4.98 Å². The van der Waals surface area contributed by atoms with E-state index in [1.165, 1.54) is 0 Å². The highest BCUT2D eigenvalue weighted by molar-refractivity contribution is 6.18. The summed E-state index contributed by atoms with van der Waals surface area (Å²) in [7, 11) is 0. The highest BCUT2D eigenvalue weighted by Crippen LogP contribution is 2.42. The summed E-state index contributed by atoms with van der Waals surface area (Å²) in [5, 5.41) is 19.4. The molecule has 108 valence electrons. The lowest BCUT2D eigenvalue weighted by Crippen LogP contribution is -2.01. The third-order valence-electron chi connectivity index (χ3n) is 3.51. The fourth-order valence-corrected chi connectivity index (χ4v) is 2.63. The van der Waals surface area contributed by atoms with Crippen molar-refractivity contribution in [3.8, 4) is 5.88 Å². The number of azo groups is 1. The molecule has 0 saturated carbocycles. The number of nitrogens with zero attached hydrogens (tertiary/aromatic N) is 2. The Balaban J connectivity index is 2.15. The molecule has 0 saturated heterocycles. The first-order valence-electron chi connectivity index (χ1n) is 6.51. The lowest BCUT2D eigenvalue weighted by molar-refractivity contribution is 0.255. The Kier molecular flexibility index (Phi) is 2.43. The van der Waals surface area contributed by atoms with Crippen LogP contribution in [0.2, 0.25) is 0 Å². The number of primary amides is 1. The molecule has 0 fully saturated rings. The van der Waals surface area contributed by atoms with Crippen LogP contribution in [-0.4, -0.2) is 16.1 Å². The number of carbonyl (C=O) groups excluding carboxylic acids is 1. The van der Waals surface area contributed by atoms with Gasteiger partial charge in [-0.25, -0.2) is 4.79 Å². The third kappa shape index (κ3) is 1.65. The highest BCUT2D eigenvalue weighted by atomic mass is 16.3. The molecule has 2 aromatic carbocycles. The van der Waals surface area contributed by atoms with Gasteiger partial charge in [0, 0.05) is 10.8 Å². The minimum Gasteiger partial charge on any atom is -0.493 e. The Labute approximate surface area is 123 Å². The predicted molar refractivity (Wildman–Crippen MR) is 81.3 cm³/mol. The SMILES string of the molecule is NC(=O)N=Nc1c(O)[nH]c2ccc3c4ccccc4oc3c12. The fraction of sp³-hybridized carbons (Fsp3) is 0. The van der Waals surface area contributed by atoms with Gasteiger partial charge in [-0.2, -0.15) is 0 Å². The third-order valence-corrected chi connectivity index (χ3v) is 3.51. The number of nitrogens with one attached hydrogen (secondary N) is 1. The molecule has 7 heteroatoms. The minimum absolute atomic E-state index is 0.124. The van der Waals surface area contributed by atoms with E-state index in [9.17, 15) is 9.90 Å². The number of carbonyl (C=O) groups is 1. The number of hydrogen-bond acceptors (Lipinski definition) is 4. The van der Waals surface area contributed by atoms with Crippen LogP contribution >= 0.6 is 0 Å². The van der Waals surface area contributed by atoms with Gasteiger partial charge in [-0.15, -0.1) is 5.11 Å². The van der Waals surface area contributed by atoms with Crippen LogP contribution in [0.4, 0.5) is 10.5 Å². The molecule has 4 rings (SSSR count). The van der Waals surface area contributed by atoms with E-state index in [0.717, 1.165) is 16.4 Å². The summed E-state index contributed by atoms with van der Waals surface area (Å²) in [6, 6.07) is 10.4. The number of furan rings is 1. The van der Waals surface area contributed by atoms with Crippen molar-refractivity contribution in [2.45, 2.75) is 0 Å². The maximum Gasteiger partial charge on any atom is 0.356 e. The van der Waals surface area contributed by atoms with E-state index in [4.69, 9.17) is 10.2 Å². The van der Waals surface area contributed by atoms with Gasteiger partial charge in [0.05, 0.1) is 10.9 Å². The van der Waals surface area contributed by atoms with E-state index in [0.29, 0.717) is 16.5 Å². The van der Waals surface area contributed by atoms with Gasteiger partial charge in [0.25, 0.3) is 0 Å². The lowest BCUT2D eigenvalue weighted by Gasteiger charge is -1.93. The number of aromatic hydroxyl groups is 1. The maximum absolute atomic E-state index is 10.8. The van der Waals surface area contributed by atoms with Crippen molar-refractivity contribution in [3.63, 3.8) is 0 Å². The summed E-state index contributed by atoms with van der Waals surface area (Å²) in [5.74, 6) is -0.201. The van der Waals surface area contributed by atoms with Crippen molar-refractivity contribution < 1.29 is 14.3 Å². The van der Waals surface area contributed by atoms with Gasteiger partial charge in [0.2, 0.25) is 5.88 Å². The molecule has 4 aromatic rings. The van der Waals surface area contributed by atoms with Crippen LogP contribution in [0.3, 0.4) is 0 Å². The molecule has 0 aliphatic rings. The second-order valence-electron chi connectivity index (χ2n) is 4.82. The average Bonchev–Trinajstić information content (AvgIpc) is 3.01. The first-order valence-corrected chi connectivity index (χ1v) is 6.51. The molecule has 0 unspecified atom stereocenters. The second kappa shape index (κ2) is 4.32. The Morgan fingerprint density at radius 3 is 2.82 bits per heavy atom. The average molecular weight is 294 g/mol. The summed E-state index contributed by atoms with van der Waals surface area (Å²) in [6.45, 7) is 0. The number of benzene rings is 2. The van der Waals surface area contributed by atoms with E-state index in [-0.39, 0.29) is 11.6 Å². The molecule has 0 aliphatic heterocycles. The van der Waals surface area contributed by atoms with E-state index < -0.39 is 6.03 Å². The normalized spacial score (nSPS) is 12.0. The molecule has 0 atom stereocenters. The number of para-hydroxylation sites is 1. The van der Waals surface area contributed by atoms with E-state index in [2.05, 4.69) is 15.2 Å². The van der Waals surface area contributed by atoms with Gasteiger partial charge in [0.1, 0.15) is 11.2 Å². The van der Waals surface area contributed by atoms with Crippen LogP contribution in [0.15, 0.2) is 51.0 Å². The number of amides is 2. The number of urea groups is 1. The van der Waals surface area contributed by atoms with Gasteiger partial charge in [-0.1, -0.05) is 23.3 Å². The standard InChI is InChI=1S/C15H10N4O3/c16-15(21)19-18-12-11-9(17-14(12)20)6-5-8-7-3-1-2-4-10(7)22-13(8)11/h1-6,17,20H,(H2,16,21). The summed E-state index contributed by atoms with van der Waals surface area (Å²) in [6.07, 6.45) is 0. The van der Waals surface area contributed by atoms with E-state index in [1.807, 2.05) is 36.4 Å². The summed E-state index contributed by atoms with van der Waals surface area (Å²) in [5.41, 5.74) is 7.00. The number of aromatic amines is 1. The summed E-state index contributed by atoms with van der Waals surface area (Å²) in [4.78, 5) is 13.6. The Hall–Kier alpha value is -3.35. The largest absolute Gasteiger partial charge is 0.493 e. The fourth-order valence-electron chi connectivity index (χ4n) is 2.63. The van der Waals surface area contributed by atoms with Crippen LogP contribution in [0.5, 0.6) is 5.88 Å². The smallest absolute Gasteiger partial charge is 0.356 e. The zero-order valence-corrected chi connectivity index (χ0v) is 11.2. The van der Waals surface area contributed by atoms with Gasteiger partial charge < -0.3 is 20.2 Å². The Morgan fingerprint density at radius 2 is 2.00 bits per heavy atom. The van der Waals surface area contributed by atoms with Crippen molar-refractivity contribution in [3.05, 3.63) is 36.4 Å². The molecule has 0 spiro atoms. The molecule has 4 N–H and O–H groups in total. The zero-order chi connectivity index (χ0) is 15.3. The molecule has 0 bridgehead atoms. The van der Waals surface area contributed by atoms with Crippen molar-refractivity contribution >= 4 is 44.6 Å². The molecule has 2 amide bonds. The van der Waals surface area contributed by atoms with Gasteiger partial charge in [0.15, 0.2) is 5.69 Å². The molecule has 7 nitrogen and oxygen atoms in total. The van der Waals surface area contributed by atoms with Gasteiger partial charge >= 0.3 is 6.03 Å². The van der Waals surface area contributed by atoms with Crippen molar-refractivity contribution in [2.75, 3.05) is 0 Å². The number of aromatic nitrogens is 1. The highest BCUT2D eigenvalue weighted by Gasteiger charge is 2.18. The summed E-state index contributed by atoms with van der Waals surface area (Å²) < 4.78 is 5.88. The van der Waals surface area contributed by atoms with Gasteiger partial charge in [-0.3, -0.25) is 0 Å². The number of fused-ring (bicyclic) bond motifs is 5. The predicted octanol–water partition coefficient (Wildman–Crippen LogP) is 3.94. The second-order valence-corrected chi connectivity index (χ2v) is 4.82. The van der Waals surface area contributed by atoms with Crippen LogP contribution < -0.4 is 5.73 Å². The molecule has 0 aliphatic carbocycles. The van der Waals surface area contributed by atoms with E-state index in [1.54, 1.807) is 0 Å². The number of H-pyrrole nitrogens is 1. The number of nitrogens with two attached hydrogens (primary N) is 1. The topological polar surface area (TPSA) is 117 Å². The first kappa shape index (κ1) is 12.4. The molecule has 0 radical (unpaired) electrons. The van der Waals surface area contributed by atoms with Crippen LogP contribution in [-0.2, 0) is 0 Å². The van der Waals surface area contributed by atoms with Crippen LogP contribution in [0.25, 0.3) is 32.8 Å². The molecular weight excluding hydrogens is 284 g/mol. The number of rotatable bonds is 1. The Morgan fingerprint density at radius 1 is 1.18 bits per heavy atom. The maximum atomic E-state index is 10.8. The first-order chi connectivity index (χ1) is 10.6. The molecule has 2 heterocycles. The van der Waals surface area contributed by atoms with Crippen LogP contribution in [0.1, 0.15) is 0 Å². The van der Waals surface area contributed by atoms with Crippen molar-refractivity contribution in [2.24, 2.45) is 16.0 Å². The number of hydrogen-bond donors (Lipinski definition) is 3. The quantitative estimate of drug-likeness (QED) is 0.461. The van der Waals surface area contributed by atoms with Gasteiger partial charge in [-0.05, 0) is 18.2 Å². The molecular formula is C15H10N4O3. The lowest BCUT2D eigenvalue weighted by atomic mass is 10.1.